The lowest BCUT2D eigenvalue weighted by Crippen LogP contribution is -2.48. The second-order valence-corrected chi connectivity index (χ2v) is 6.92. The topological polar surface area (TPSA) is 69.7 Å². The first-order valence-electron chi connectivity index (χ1n) is 7.27. The summed E-state index contributed by atoms with van der Waals surface area (Å²) in [6, 6.07) is 6.60. The highest BCUT2D eigenvalue weighted by atomic mass is 79.9. The van der Waals surface area contributed by atoms with Gasteiger partial charge < -0.3 is 14.3 Å². The smallest absolute Gasteiger partial charge is 0.329 e. The molecule has 0 fully saturated rings. The molecule has 0 aliphatic heterocycles. The van der Waals surface area contributed by atoms with Crippen molar-refractivity contribution in [3.63, 3.8) is 0 Å². The largest absolute Gasteiger partial charge is 0.465 e. The Bertz CT molecular complexity index is 574. The molecular weight excluding hydrogens is 364 g/mol. The van der Waals surface area contributed by atoms with Gasteiger partial charge in [-0.25, -0.2) is 0 Å². The van der Waals surface area contributed by atoms with Crippen LogP contribution in [0.1, 0.15) is 39.7 Å². The number of rotatable bonds is 6. The van der Waals surface area contributed by atoms with E-state index in [-0.39, 0.29) is 13.0 Å². The lowest BCUT2D eigenvalue weighted by atomic mass is 9.77. The van der Waals surface area contributed by atoms with E-state index in [1.54, 1.807) is 52.0 Å². The van der Waals surface area contributed by atoms with Crippen LogP contribution < -0.4 is 0 Å². The van der Waals surface area contributed by atoms with Crippen molar-refractivity contribution in [1.82, 2.24) is 0 Å². The number of carbonyl (C=O) groups is 3. The Balaban J connectivity index is 3.47. The molecule has 1 aromatic carbocycles. The Morgan fingerprint density at radius 3 is 2.13 bits per heavy atom. The van der Waals surface area contributed by atoms with Crippen LogP contribution in [0.3, 0.4) is 0 Å². The highest BCUT2D eigenvalue weighted by Crippen LogP contribution is 2.33. The van der Waals surface area contributed by atoms with Crippen molar-refractivity contribution < 1.29 is 23.9 Å². The summed E-state index contributed by atoms with van der Waals surface area (Å²) in [7, 11) is 0. The summed E-state index contributed by atoms with van der Waals surface area (Å²) >= 11 is 3.30. The second-order valence-electron chi connectivity index (χ2n) is 6.01. The predicted molar refractivity (Wildman–Crippen MR) is 89.0 cm³/mol. The maximum Gasteiger partial charge on any atom is 0.329 e. The van der Waals surface area contributed by atoms with Crippen molar-refractivity contribution in [2.24, 2.45) is 0 Å². The molecule has 5 nitrogen and oxygen atoms in total. The number of esters is 2. The van der Waals surface area contributed by atoms with E-state index < -0.39 is 23.0 Å². The maximum atomic E-state index is 12.8. The second kappa shape index (κ2) is 7.73. The van der Waals surface area contributed by atoms with Gasteiger partial charge in [0.15, 0.2) is 5.41 Å². The van der Waals surface area contributed by atoms with Gasteiger partial charge in [-0.3, -0.25) is 9.59 Å². The number of carbonyl (C=O) groups excluding carboxylic acids is 3. The van der Waals surface area contributed by atoms with Crippen molar-refractivity contribution in [3.8, 4) is 0 Å². The van der Waals surface area contributed by atoms with Crippen molar-refractivity contribution in [2.45, 2.75) is 45.1 Å². The molecule has 1 aromatic rings. The van der Waals surface area contributed by atoms with Gasteiger partial charge in [-0.05, 0) is 45.4 Å². The van der Waals surface area contributed by atoms with E-state index in [4.69, 9.17) is 9.47 Å². The summed E-state index contributed by atoms with van der Waals surface area (Å²) in [5, 5.41) is 0. The fourth-order valence-electron chi connectivity index (χ4n) is 2.08. The van der Waals surface area contributed by atoms with E-state index in [2.05, 4.69) is 15.9 Å². The van der Waals surface area contributed by atoms with Gasteiger partial charge >= 0.3 is 11.9 Å². The van der Waals surface area contributed by atoms with Gasteiger partial charge in [-0.15, -0.1) is 0 Å². The lowest BCUT2D eigenvalue weighted by Gasteiger charge is -2.31. The summed E-state index contributed by atoms with van der Waals surface area (Å²) < 4.78 is 11.3. The molecule has 0 radical (unpaired) electrons. The quantitative estimate of drug-likeness (QED) is 0.427. The maximum absolute atomic E-state index is 12.8. The Morgan fingerprint density at radius 1 is 1.13 bits per heavy atom. The Hall–Kier alpha value is -1.69. The van der Waals surface area contributed by atoms with Gasteiger partial charge in [-0.2, -0.15) is 0 Å². The molecule has 6 heteroatoms. The number of benzene rings is 1. The van der Waals surface area contributed by atoms with Crippen LogP contribution in [0.25, 0.3) is 0 Å². The zero-order valence-electron chi connectivity index (χ0n) is 13.7. The third-order valence-corrected chi connectivity index (χ3v) is 3.63. The first kappa shape index (κ1) is 19.4. The Labute approximate surface area is 144 Å². The molecule has 0 saturated carbocycles. The molecule has 23 heavy (non-hydrogen) atoms. The Kier molecular flexibility index (Phi) is 6.50. The van der Waals surface area contributed by atoms with E-state index in [9.17, 15) is 14.4 Å². The monoisotopic (exact) mass is 384 g/mol. The van der Waals surface area contributed by atoms with Crippen LogP contribution >= 0.6 is 15.9 Å². The van der Waals surface area contributed by atoms with Crippen LogP contribution in [0.2, 0.25) is 0 Å². The molecule has 0 saturated heterocycles. The molecule has 0 aliphatic rings. The van der Waals surface area contributed by atoms with E-state index in [0.29, 0.717) is 11.8 Å². The standard InChI is InChI=1S/C17H21BrO5/c1-5-22-14(20)17(10-11-19,15(21)23-16(2,3)4)12-6-8-13(18)9-7-12/h6-9,11H,5,10H2,1-4H3. The van der Waals surface area contributed by atoms with Gasteiger partial charge in [0.2, 0.25) is 0 Å². The van der Waals surface area contributed by atoms with E-state index >= 15 is 0 Å². The van der Waals surface area contributed by atoms with Crippen molar-refractivity contribution in [1.29, 1.82) is 0 Å². The number of hydrogen-bond acceptors (Lipinski definition) is 5. The summed E-state index contributed by atoms with van der Waals surface area (Å²) in [6.45, 7) is 6.83. The number of ether oxygens (including phenoxy) is 2. The molecule has 0 aliphatic carbocycles. The van der Waals surface area contributed by atoms with E-state index in [1.807, 2.05) is 0 Å². The van der Waals surface area contributed by atoms with Crippen molar-refractivity contribution in [2.75, 3.05) is 6.61 Å². The van der Waals surface area contributed by atoms with Crippen LogP contribution in [0.4, 0.5) is 0 Å². The number of hydrogen-bond donors (Lipinski definition) is 0. The molecule has 0 amide bonds. The minimum atomic E-state index is -1.80. The molecule has 0 N–H and O–H groups in total. The predicted octanol–water partition coefficient (Wildman–Crippen LogP) is 3.18. The molecule has 1 rings (SSSR count). The molecule has 1 atom stereocenters. The highest BCUT2D eigenvalue weighted by molar-refractivity contribution is 9.10. The molecule has 0 heterocycles. The molecule has 0 bridgehead atoms. The van der Waals surface area contributed by atoms with Gasteiger partial charge in [0.25, 0.3) is 0 Å². The summed E-state index contributed by atoms with van der Waals surface area (Å²) in [5.41, 5.74) is -2.24. The number of aldehydes is 1. The summed E-state index contributed by atoms with van der Waals surface area (Å²) in [5.74, 6) is -1.58. The van der Waals surface area contributed by atoms with Crippen LogP contribution in [0.5, 0.6) is 0 Å². The van der Waals surface area contributed by atoms with Crippen molar-refractivity contribution in [3.05, 3.63) is 34.3 Å². The normalized spacial score (nSPS) is 13.8. The number of halogens is 1. The zero-order valence-corrected chi connectivity index (χ0v) is 15.3. The first-order valence-corrected chi connectivity index (χ1v) is 8.07. The van der Waals surface area contributed by atoms with Crippen LogP contribution in [-0.2, 0) is 29.3 Å². The van der Waals surface area contributed by atoms with Crippen LogP contribution in [-0.4, -0.2) is 30.4 Å². The van der Waals surface area contributed by atoms with Gasteiger partial charge in [0, 0.05) is 10.9 Å². The van der Waals surface area contributed by atoms with Gasteiger partial charge in [0.1, 0.15) is 11.9 Å². The average molecular weight is 385 g/mol. The molecular formula is C17H21BrO5. The summed E-state index contributed by atoms with van der Waals surface area (Å²) in [4.78, 5) is 36.6. The first-order chi connectivity index (χ1) is 10.7. The Morgan fingerprint density at radius 2 is 1.70 bits per heavy atom. The minimum absolute atomic E-state index is 0.0960. The van der Waals surface area contributed by atoms with E-state index in [0.717, 1.165) is 4.47 Å². The van der Waals surface area contributed by atoms with Crippen LogP contribution in [0, 0.1) is 0 Å². The molecule has 0 aromatic heterocycles. The van der Waals surface area contributed by atoms with Crippen molar-refractivity contribution >= 4 is 34.2 Å². The zero-order chi connectivity index (χ0) is 17.7. The molecule has 126 valence electrons. The fourth-order valence-corrected chi connectivity index (χ4v) is 2.35. The highest BCUT2D eigenvalue weighted by Gasteiger charge is 2.51. The SMILES string of the molecule is CCOC(=O)C(CC=O)(C(=O)OC(C)(C)C)c1ccc(Br)cc1. The minimum Gasteiger partial charge on any atom is -0.465 e. The van der Waals surface area contributed by atoms with Gasteiger partial charge in [0.05, 0.1) is 6.61 Å². The molecule has 0 spiro atoms. The van der Waals surface area contributed by atoms with Crippen LogP contribution in [0.15, 0.2) is 28.7 Å². The van der Waals surface area contributed by atoms with E-state index in [1.165, 1.54) is 0 Å². The third kappa shape index (κ3) is 4.64. The fraction of sp³-hybridized carbons (Fsp3) is 0.471. The third-order valence-electron chi connectivity index (χ3n) is 3.10. The molecule has 1 unspecified atom stereocenters. The summed E-state index contributed by atoms with van der Waals surface area (Å²) in [6.07, 6.45) is 0.186. The lowest BCUT2D eigenvalue weighted by molar-refractivity contribution is -0.173. The van der Waals surface area contributed by atoms with Gasteiger partial charge in [-0.1, -0.05) is 28.1 Å². The average Bonchev–Trinajstić information content (AvgIpc) is 2.44.